The normalized spacial score (nSPS) is 10.7. The average molecular weight is 358 g/mol. The van der Waals surface area contributed by atoms with Crippen molar-refractivity contribution in [1.29, 1.82) is 0 Å². The van der Waals surface area contributed by atoms with E-state index >= 15 is 0 Å². The lowest BCUT2D eigenvalue weighted by molar-refractivity contribution is 0.0948. The molecule has 2 aromatic carbocycles. The summed E-state index contributed by atoms with van der Waals surface area (Å²) in [6.45, 7) is 0.729. The molecule has 0 radical (unpaired) electrons. The molecule has 0 aliphatic carbocycles. The molecule has 5 heteroatoms. The van der Waals surface area contributed by atoms with Crippen molar-refractivity contribution in [2.45, 2.75) is 13.2 Å². The fourth-order valence-electron chi connectivity index (χ4n) is 2.73. The number of rotatable bonds is 6. The van der Waals surface area contributed by atoms with E-state index in [0.717, 1.165) is 16.6 Å². The second-order valence-corrected chi connectivity index (χ2v) is 6.07. The molecular weight excluding hydrogens is 340 g/mol. The van der Waals surface area contributed by atoms with E-state index in [2.05, 4.69) is 10.3 Å². The van der Waals surface area contributed by atoms with Gasteiger partial charge in [-0.1, -0.05) is 24.3 Å². The van der Waals surface area contributed by atoms with Crippen molar-refractivity contribution in [3.63, 3.8) is 0 Å². The molecule has 4 aromatic rings. The number of benzene rings is 2. The molecule has 27 heavy (non-hydrogen) atoms. The zero-order chi connectivity index (χ0) is 18.5. The number of aromatic nitrogens is 1. The first-order valence-electron chi connectivity index (χ1n) is 8.66. The fraction of sp³-hybridized carbons (Fsp3) is 0.0909. The number of ether oxygens (including phenoxy) is 1. The fourth-order valence-corrected chi connectivity index (χ4v) is 2.73. The van der Waals surface area contributed by atoms with Gasteiger partial charge in [0.15, 0.2) is 0 Å². The van der Waals surface area contributed by atoms with Gasteiger partial charge in [0.2, 0.25) is 0 Å². The number of nitrogens with one attached hydrogen (secondary N) is 1. The predicted octanol–water partition coefficient (Wildman–Crippen LogP) is 4.34. The van der Waals surface area contributed by atoms with Crippen LogP contribution in [0.3, 0.4) is 0 Å². The molecule has 0 fully saturated rings. The van der Waals surface area contributed by atoms with Crippen molar-refractivity contribution in [1.82, 2.24) is 10.3 Å². The van der Waals surface area contributed by atoms with Crippen LogP contribution in [0.15, 0.2) is 83.5 Å². The highest BCUT2D eigenvalue weighted by Crippen LogP contribution is 2.16. The third-order valence-electron chi connectivity index (χ3n) is 4.16. The van der Waals surface area contributed by atoms with Crippen LogP contribution >= 0.6 is 0 Å². The molecule has 5 nitrogen and oxygen atoms in total. The molecular formula is C22H18N2O3. The molecule has 0 saturated carbocycles. The molecule has 2 aromatic heterocycles. The van der Waals surface area contributed by atoms with Crippen molar-refractivity contribution in [2.24, 2.45) is 0 Å². The number of pyridine rings is 1. The minimum atomic E-state index is -0.158. The first-order chi connectivity index (χ1) is 13.3. The van der Waals surface area contributed by atoms with Crippen LogP contribution in [0.25, 0.3) is 10.9 Å². The van der Waals surface area contributed by atoms with E-state index in [9.17, 15) is 4.79 Å². The Hall–Kier alpha value is -3.60. The molecule has 1 amide bonds. The summed E-state index contributed by atoms with van der Waals surface area (Å²) in [5, 5.41) is 3.92. The number of fused-ring (bicyclic) bond motifs is 1. The summed E-state index contributed by atoms with van der Waals surface area (Å²) in [5.74, 6) is 1.24. The second-order valence-electron chi connectivity index (χ2n) is 6.07. The van der Waals surface area contributed by atoms with Crippen LogP contribution in [-0.4, -0.2) is 10.9 Å². The van der Waals surface area contributed by atoms with Crippen molar-refractivity contribution in [2.75, 3.05) is 0 Å². The van der Waals surface area contributed by atoms with E-state index in [1.54, 1.807) is 36.6 Å². The van der Waals surface area contributed by atoms with E-state index in [4.69, 9.17) is 9.15 Å². The molecule has 0 aliphatic rings. The van der Waals surface area contributed by atoms with Crippen molar-refractivity contribution < 1.29 is 13.9 Å². The minimum Gasteiger partial charge on any atom is -0.487 e. The number of amides is 1. The van der Waals surface area contributed by atoms with Gasteiger partial charge in [-0.3, -0.25) is 4.79 Å². The van der Waals surface area contributed by atoms with Crippen LogP contribution in [0.2, 0.25) is 0 Å². The maximum atomic E-state index is 12.2. The molecule has 2 heterocycles. The zero-order valence-electron chi connectivity index (χ0n) is 14.6. The Morgan fingerprint density at radius 2 is 1.81 bits per heavy atom. The summed E-state index contributed by atoms with van der Waals surface area (Å²) in [7, 11) is 0. The Morgan fingerprint density at radius 1 is 0.963 bits per heavy atom. The van der Waals surface area contributed by atoms with Gasteiger partial charge in [-0.25, -0.2) is 4.98 Å². The van der Waals surface area contributed by atoms with Gasteiger partial charge in [-0.05, 0) is 48.5 Å². The van der Waals surface area contributed by atoms with E-state index in [-0.39, 0.29) is 5.91 Å². The summed E-state index contributed by atoms with van der Waals surface area (Å²) in [5.41, 5.74) is 2.37. The van der Waals surface area contributed by atoms with Crippen LogP contribution in [0.1, 0.15) is 21.8 Å². The van der Waals surface area contributed by atoms with E-state index in [1.807, 2.05) is 42.5 Å². The highest BCUT2D eigenvalue weighted by atomic mass is 16.5. The van der Waals surface area contributed by atoms with Crippen LogP contribution in [-0.2, 0) is 13.2 Å². The number of carbonyl (C=O) groups is 1. The Morgan fingerprint density at radius 3 is 2.63 bits per heavy atom. The number of hydrogen-bond donors (Lipinski definition) is 1. The smallest absolute Gasteiger partial charge is 0.251 e. The molecule has 4 rings (SSSR count). The Balaban J connectivity index is 1.34. The number of hydrogen-bond acceptors (Lipinski definition) is 4. The number of nitrogens with zero attached hydrogens (tertiary/aromatic N) is 1. The molecule has 0 bridgehead atoms. The van der Waals surface area contributed by atoms with Gasteiger partial charge in [0.25, 0.3) is 5.91 Å². The van der Waals surface area contributed by atoms with Crippen molar-refractivity contribution in [3.8, 4) is 5.75 Å². The second kappa shape index (κ2) is 7.74. The minimum absolute atomic E-state index is 0.158. The molecule has 0 aliphatic heterocycles. The topological polar surface area (TPSA) is 64.4 Å². The van der Waals surface area contributed by atoms with E-state index in [1.165, 1.54) is 0 Å². The summed E-state index contributed by atoms with van der Waals surface area (Å²) in [4.78, 5) is 16.7. The van der Waals surface area contributed by atoms with Gasteiger partial charge in [-0.15, -0.1) is 0 Å². The van der Waals surface area contributed by atoms with Crippen LogP contribution in [0, 0.1) is 0 Å². The summed E-state index contributed by atoms with van der Waals surface area (Å²) >= 11 is 0. The largest absolute Gasteiger partial charge is 0.487 e. The van der Waals surface area contributed by atoms with Gasteiger partial charge in [0, 0.05) is 10.9 Å². The standard InChI is InChI=1S/C22H18N2O3/c25-22(23-14-20-5-3-13-26-20)17-8-11-19(12-9-17)27-15-18-10-7-16-4-1-2-6-21(16)24-18/h1-13H,14-15H2,(H,23,25). The molecule has 134 valence electrons. The van der Waals surface area contributed by atoms with Crippen molar-refractivity contribution >= 4 is 16.8 Å². The highest BCUT2D eigenvalue weighted by molar-refractivity contribution is 5.94. The third-order valence-corrected chi connectivity index (χ3v) is 4.16. The number of carbonyl (C=O) groups excluding carboxylic acids is 1. The molecule has 0 atom stereocenters. The van der Waals surface area contributed by atoms with E-state index in [0.29, 0.717) is 30.2 Å². The van der Waals surface area contributed by atoms with Gasteiger partial charge in [0.1, 0.15) is 18.1 Å². The first-order valence-corrected chi connectivity index (χ1v) is 8.66. The average Bonchev–Trinajstić information content (AvgIpc) is 3.24. The van der Waals surface area contributed by atoms with Crippen molar-refractivity contribution in [3.05, 3.63) is 96.1 Å². The van der Waals surface area contributed by atoms with Gasteiger partial charge in [0.05, 0.1) is 24.0 Å². The maximum Gasteiger partial charge on any atom is 0.251 e. The lowest BCUT2D eigenvalue weighted by Crippen LogP contribution is -2.22. The first kappa shape index (κ1) is 16.8. The van der Waals surface area contributed by atoms with Gasteiger partial charge in [-0.2, -0.15) is 0 Å². The van der Waals surface area contributed by atoms with Gasteiger partial charge < -0.3 is 14.5 Å². The van der Waals surface area contributed by atoms with Crippen LogP contribution in [0.5, 0.6) is 5.75 Å². The zero-order valence-corrected chi connectivity index (χ0v) is 14.6. The SMILES string of the molecule is O=C(NCc1ccco1)c1ccc(OCc2ccc3ccccc3n2)cc1. The van der Waals surface area contributed by atoms with Crippen LogP contribution in [0.4, 0.5) is 0 Å². The molecule has 1 N–H and O–H groups in total. The Bertz CT molecular complexity index is 1040. The molecule has 0 unspecified atom stereocenters. The third kappa shape index (κ3) is 4.15. The van der Waals surface area contributed by atoms with Crippen LogP contribution < -0.4 is 10.1 Å². The maximum absolute atomic E-state index is 12.2. The predicted molar refractivity (Wildman–Crippen MR) is 102 cm³/mol. The Labute approximate surface area is 156 Å². The quantitative estimate of drug-likeness (QED) is 0.557. The summed E-state index contributed by atoms with van der Waals surface area (Å²) in [6.07, 6.45) is 1.58. The Kier molecular flexibility index (Phi) is 4.83. The lowest BCUT2D eigenvalue weighted by Gasteiger charge is -2.08. The summed E-state index contributed by atoms with van der Waals surface area (Å²) < 4.78 is 11.0. The molecule has 0 saturated heterocycles. The van der Waals surface area contributed by atoms with Gasteiger partial charge >= 0.3 is 0 Å². The monoisotopic (exact) mass is 358 g/mol. The lowest BCUT2D eigenvalue weighted by atomic mass is 10.2. The number of para-hydroxylation sites is 1. The number of furan rings is 1. The van der Waals surface area contributed by atoms with E-state index < -0.39 is 0 Å². The molecule has 0 spiro atoms. The highest BCUT2D eigenvalue weighted by Gasteiger charge is 2.07. The summed E-state index contributed by atoms with van der Waals surface area (Å²) in [6, 6.07) is 22.6.